The summed E-state index contributed by atoms with van der Waals surface area (Å²) in [5.41, 5.74) is 1.77. The van der Waals surface area contributed by atoms with Gasteiger partial charge in [0.05, 0.1) is 31.1 Å². The van der Waals surface area contributed by atoms with Crippen molar-refractivity contribution in [2.45, 2.75) is 29.9 Å². The van der Waals surface area contributed by atoms with E-state index in [9.17, 15) is 9.59 Å². The van der Waals surface area contributed by atoms with Gasteiger partial charge in [0, 0.05) is 24.3 Å². The third-order valence-electron chi connectivity index (χ3n) is 5.76. The molecule has 1 fully saturated rings. The molecule has 1 aromatic carbocycles. The van der Waals surface area contributed by atoms with Gasteiger partial charge in [0.25, 0.3) is 5.91 Å². The lowest BCUT2D eigenvalue weighted by molar-refractivity contribution is -0.119. The maximum atomic E-state index is 13.1. The van der Waals surface area contributed by atoms with Gasteiger partial charge in [-0.15, -0.1) is 16.9 Å². The van der Waals surface area contributed by atoms with Gasteiger partial charge in [-0.05, 0) is 18.1 Å². The number of thioether (sulfide) groups is 1. The minimum absolute atomic E-state index is 0.0325. The smallest absolute Gasteiger partial charge is 0.291 e. The van der Waals surface area contributed by atoms with E-state index in [1.54, 1.807) is 17.9 Å². The predicted molar refractivity (Wildman–Crippen MR) is 128 cm³/mol. The Morgan fingerprint density at radius 3 is 2.91 bits per heavy atom. The number of fused-ring (bicyclic) bond motifs is 1. The highest BCUT2D eigenvalue weighted by Gasteiger charge is 2.31. The number of carbonyl (C=O) groups is 2. The SMILES string of the molecule is CN1C(=O)[C@@H](NC(=O)c2ncn(Cc3ccccc3)n2)CSc2cc(N[C@H]3CCOC3)ncc21. The maximum absolute atomic E-state index is 13.1. The van der Waals surface area contributed by atoms with Crippen molar-refractivity contribution >= 4 is 35.1 Å². The Labute approximate surface area is 201 Å². The highest BCUT2D eigenvalue weighted by Crippen LogP contribution is 2.35. The van der Waals surface area contributed by atoms with Gasteiger partial charge in [-0.3, -0.25) is 9.59 Å². The van der Waals surface area contributed by atoms with Crippen molar-refractivity contribution in [1.82, 2.24) is 25.1 Å². The molecule has 0 unspecified atom stereocenters. The molecule has 2 aromatic heterocycles. The summed E-state index contributed by atoms with van der Waals surface area (Å²) < 4.78 is 7.01. The number of likely N-dealkylation sites (N-methyl/N-ethyl adjacent to an activating group) is 1. The summed E-state index contributed by atoms with van der Waals surface area (Å²) >= 11 is 1.51. The number of hydrogen-bond acceptors (Lipinski definition) is 8. The molecule has 176 valence electrons. The van der Waals surface area contributed by atoms with E-state index >= 15 is 0 Å². The van der Waals surface area contributed by atoms with E-state index in [0.29, 0.717) is 24.6 Å². The number of rotatable bonds is 6. The van der Waals surface area contributed by atoms with Crippen molar-refractivity contribution in [3.63, 3.8) is 0 Å². The Bertz CT molecular complexity index is 1180. The van der Waals surface area contributed by atoms with Crippen LogP contribution in [0.3, 0.4) is 0 Å². The molecule has 0 spiro atoms. The van der Waals surface area contributed by atoms with Crippen molar-refractivity contribution in [3.8, 4) is 0 Å². The molecule has 0 bridgehead atoms. The molecular weight excluding hydrogens is 454 g/mol. The quantitative estimate of drug-likeness (QED) is 0.550. The van der Waals surface area contributed by atoms with E-state index < -0.39 is 11.9 Å². The topological polar surface area (TPSA) is 114 Å². The molecule has 5 rings (SSSR count). The van der Waals surface area contributed by atoms with Gasteiger partial charge in [-0.2, -0.15) is 0 Å². The second-order valence-corrected chi connectivity index (χ2v) is 9.29. The molecule has 10 nitrogen and oxygen atoms in total. The second kappa shape index (κ2) is 9.82. The summed E-state index contributed by atoms with van der Waals surface area (Å²) in [5.74, 6) is 0.480. The normalized spacial score (nSPS) is 20.0. The van der Waals surface area contributed by atoms with Crippen LogP contribution in [-0.2, 0) is 16.1 Å². The van der Waals surface area contributed by atoms with Crippen LogP contribution in [0.25, 0.3) is 0 Å². The second-order valence-electron chi connectivity index (χ2n) is 8.23. The third-order valence-corrected chi connectivity index (χ3v) is 6.89. The number of benzene rings is 1. The van der Waals surface area contributed by atoms with Crippen molar-refractivity contribution < 1.29 is 14.3 Å². The zero-order valence-corrected chi connectivity index (χ0v) is 19.5. The largest absolute Gasteiger partial charge is 0.379 e. The number of anilines is 2. The number of amides is 2. The first kappa shape index (κ1) is 22.4. The molecule has 3 aromatic rings. The first-order chi connectivity index (χ1) is 16.6. The van der Waals surface area contributed by atoms with Crippen LogP contribution < -0.4 is 15.5 Å². The zero-order valence-electron chi connectivity index (χ0n) is 18.7. The van der Waals surface area contributed by atoms with Gasteiger partial charge in [-0.1, -0.05) is 30.3 Å². The van der Waals surface area contributed by atoms with Crippen molar-refractivity contribution in [1.29, 1.82) is 0 Å². The van der Waals surface area contributed by atoms with E-state index in [2.05, 4.69) is 25.7 Å². The van der Waals surface area contributed by atoms with Gasteiger partial charge in [0.15, 0.2) is 0 Å². The summed E-state index contributed by atoms with van der Waals surface area (Å²) in [4.78, 5) is 36.9. The Morgan fingerprint density at radius 1 is 1.26 bits per heavy atom. The number of nitrogens with zero attached hydrogens (tertiary/aromatic N) is 5. The highest BCUT2D eigenvalue weighted by molar-refractivity contribution is 7.99. The number of ether oxygens (including phenoxy) is 1. The van der Waals surface area contributed by atoms with Crippen LogP contribution in [0.5, 0.6) is 0 Å². The number of aromatic nitrogens is 4. The van der Waals surface area contributed by atoms with Crippen LogP contribution in [0.1, 0.15) is 22.6 Å². The molecule has 0 saturated carbocycles. The molecule has 0 radical (unpaired) electrons. The number of pyridine rings is 1. The molecule has 2 N–H and O–H groups in total. The fraction of sp³-hybridized carbons (Fsp3) is 0.348. The Morgan fingerprint density at radius 2 is 2.12 bits per heavy atom. The van der Waals surface area contributed by atoms with Gasteiger partial charge >= 0.3 is 0 Å². The molecular formula is C23H25N7O3S. The molecule has 2 aliphatic rings. The fourth-order valence-corrected chi connectivity index (χ4v) is 5.01. The number of carbonyl (C=O) groups excluding carboxylic acids is 2. The number of hydrogen-bond donors (Lipinski definition) is 2. The van der Waals surface area contributed by atoms with Crippen LogP contribution in [0.15, 0.2) is 53.8 Å². The first-order valence-corrected chi connectivity index (χ1v) is 12.0. The zero-order chi connectivity index (χ0) is 23.5. The van der Waals surface area contributed by atoms with Gasteiger partial charge in [-0.25, -0.2) is 14.6 Å². The molecule has 11 heteroatoms. The van der Waals surface area contributed by atoms with Crippen LogP contribution in [-0.4, -0.2) is 69.7 Å². The Hall–Kier alpha value is -3.44. The minimum Gasteiger partial charge on any atom is -0.379 e. The van der Waals surface area contributed by atoms with Crippen LogP contribution >= 0.6 is 11.8 Å². The highest BCUT2D eigenvalue weighted by atomic mass is 32.2. The van der Waals surface area contributed by atoms with E-state index in [1.165, 1.54) is 23.0 Å². The monoisotopic (exact) mass is 479 g/mol. The lowest BCUT2D eigenvalue weighted by Gasteiger charge is -2.21. The van der Waals surface area contributed by atoms with E-state index in [0.717, 1.165) is 29.3 Å². The molecule has 4 heterocycles. The van der Waals surface area contributed by atoms with Gasteiger partial charge < -0.3 is 20.3 Å². The molecule has 2 aliphatic heterocycles. The van der Waals surface area contributed by atoms with E-state index in [1.807, 2.05) is 36.4 Å². The standard InChI is InChI=1S/C23H25N7O3S/c1-29-18-10-24-20(26-16-7-8-33-12-16)9-19(18)34-13-17(23(29)32)27-22(31)21-25-14-30(28-21)11-15-5-3-2-4-6-15/h2-6,9-10,14,16-17H,7-8,11-13H2,1H3,(H,24,26)(H,27,31)/t16-,17-/m0/s1. The molecule has 2 atom stereocenters. The summed E-state index contributed by atoms with van der Waals surface area (Å²) in [6.45, 7) is 1.91. The maximum Gasteiger partial charge on any atom is 0.291 e. The summed E-state index contributed by atoms with van der Waals surface area (Å²) in [5, 5.41) is 10.5. The molecule has 0 aliphatic carbocycles. The number of nitrogens with one attached hydrogen (secondary N) is 2. The summed E-state index contributed by atoms with van der Waals surface area (Å²) in [7, 11) is 1.69. The van der Waals surface area contributed by atoms with Gasteiger partial charge in [0.2, 0.25) is 11.7 Å². The average Bonchev–Trinajstić information content (AvgIpc) is 3.52. The third kappa shape index (κ3) is 4.90. The van der Waals surface area contributed by atoms with Crippen molar-refractivity contribution in [2.75, 3.05) is 36.2 Å². The van der Waals surface area contributed by atoms with E-state index in [4.69, 9.17) is 4.74 Å². The minimum atomic E-state index is -0.712. The summed E-state index contributed by atoms with van der Waals surface area (Å²) in [6, 6.07) is 11.3. The van der Waals surface area contributed by atoms with Crippen LogP contribution in [0.4, 0.5) is 11.5 Å². The molecule has 1 saturated heterocycles. The van der Waals surface area contributed by atoms with Crippen molar-refractivity contribution in [2.24, 2.45) is 0 Å². The Balaban J connectivity index is 1.25. The molecule has 34 heavy (non-hydrogen) atoms. The van der Waals surface area contributed by atoms with E-state index in [-0.39, 0.29) is 17.8 Å². The summed E-state index contributed by atoms with van der Waals surface area (Å²) in [6.07, 6.45) is 4.14. The van der Waals surface area contributed by atoms with Crippen molar-refractivity contribution in [3.05, 3.63) is 60.3 Å². The lowest BCUT2D eigenvalue weighted by atomic mass is 10.2. The predicted octanol–water partition coefficient (Wildman–Crippen LogP) is 1.79. The molecule has 2 amide bonds. The average molecular weight is 480 g/mol. The lowest BCUT2D eigenvalue weighted by Crippen LogP contribution is -2.48. The van der Waals surface area contributed by atoms with Crippen LogP contribution in [0.2, 0.25) is 0 Å². The van der Waals surface area contributed by atoms with Crippen LogP contribution in [0, 0.1) is 0 Å². The first-order valence-electron chi connectivity index (χ1n) is 11.1. The fourth-order valence-electron chi connectivity index (χ4n) is 3.90. The Kier molecular flexibility index (Phi) is 6.45. The van der Waals surface area contributed by atoms with Gasteiger partial charge in [0.1, 0.15) is 18.2 Å².